The van der Waals surface area contributed by atoms with Crippen LogP contribution in [0.5, 0.6) is 17.2 Å². The molecule has 210 valence electrons. The predicted octanol–water partition coefficient (Wildman–Crippen LogP) is 7.44. The molecule has 0 bridgehead atoms. The molecule has 42 heavy (non-hydrogen) atoms. The fourth-order valence-corrected chi connectivity index (χ4v) is 5.21. The normalized spacial score (nSPS) is 11.4. The molecule has 0 aliphatic rings. The summed E-state index contributed by atoms with van der Waals surface area (Å²) in [5.41, 5.74) is 2.55. The van der Waals surface area contributed by atoms with E-state index in [9.17, 15) is 4.79 Å². The minimum absolute atomic E-state index is 0.264. The minimum atomic E-state index is -0.328. The van der Waals surface area contributed by atoms with Gasteiger partial charge < -0.3 is 18.6 Å². The van der Waals surface area contributed by atoms with E-state index in [1.807, 2.05) is 73.7 Å². The summed E-state index contributed by atoms with van der Waals surface area (Å²) >= 11 is 3.62. The number of halogens is 1. The number of fused-ring (bicyclic) bond motifs is 2. The Morgan fingerprint density at radius 2 is 1.74 bits per heavy atom. The predicted molar refractivity (Wildman–Crippen MR) is 167 cm³/mol. The summed E-state index contributed by atoms with van der Waals surface area (Å²) in [7, 11) is 1.60. The number of nitrogens with zero attached hydrogens (tertiary/aromatic N) is 3. The maximum Gasteiger partial charge on any atom is 0.282 e. The van der Waals surface area contributed by atoms with Crippen LogP contribution in [0.4, 0.5) is 0 Å². The summed E-state index contributed by atoms with van der Waals surface area (Å²) in [5.74, 6) is 2.44. The quantitative estimate of drug-likeness (QED) is 0.156. The summed E-state index contributed by atoms with van der Waals surface area (Å²) in [6, 6.07) is 28.1. The highest BCUT2D eigenvalue weighted by atomic mass is 79.9. The van der Waals surface area contributed by atoms with Gasteiger partial charge in [-0.3, -0.25) is 4.79 Å². The Morgan fingerprint density at radius 1 is 0.929 bits per heavy atom. The van der Waals surface area contributed by atoms with Crippen molar-refractivity contribution < 1.29 is 18.6 Å². The largest absolute Gasteiger partial charge is 0.496 e. The number of para-hydroxylation sites is 1. The first-order valence-corrected chi connectivity index (χ1v) is 14.1. The highest BCUT2D eigenvalue weighted by Gasteiger charge is 2.18. The van der Waals surface area contributed by atoms with Gasteiger partial charge in [-0.25, -0.2) is 4.98 Å². The fraction of sp³-hybridized carbons (Fsp3) is 0.121. The van der Waals surface area contributed by atoms with E-state index in [4.69, 9.17) is 23.6 Å². The van der Waals surface area contributed by atoms with Crippen LogP contribution in [0.1, 0.15) is 18.1 Å². The molecule has 9 heteroatoms. The number of methoxy groups -OCH3 is 1. The summed E-state index contributed by atoms with van der Waals surface area (Å²) in [5, 5.41) is 5.79. The van der Waals surface area contributed by atoms with Gasteiger partial charge in [0.05, 0.1) is 40.7 Å². The van der Waals surface area contributed by atoms with Gasteiger partial charge >= 0.3 is 0 Å². The summed E-state index contributed by atoms with van der Waals surface area (Å²) in [6.07, 6.45) is 1.58. The van der Waals surface area contributed by atoms with Crippen LogP contribution in [0.15, 0.2) is 110 Å². The van der Waals surface area contributed by atoms with Crippen molar-refractivity contribution >= 4 is 44.0 Å². The zero-order valence-corrected chi connectivity index (χ0v) is 24.5. The Labute approximate surface area is 249 Å². The molecule has 4 aromatic carbocycles. The van der Waals surface area contributed by atoms with Crippen LogP contribution in [-0.4, -0.2) is 29.6 Å². The zero-order valence-electron chi connectivity index (χ0n) is 22.9. The van der Waals surface area contributed by atoms with Crippen LogP contribution in [0.2, 0.25) is 0 Å². The summed E-state index contributed by atoms with van der Waals surface area (Å²) in [6.45, 7) is 2.74. The van der Waals surface area contributed by atoms with Crippen LogP contribution >= 0.6 is 15.9 Å². The number of ether oxygens (including phenoxy) is 3. The highest BCUT2D eigenvalue weighted by molar-refractivity contribution is 9.10. The van der Waals surface area contributed by atoms with Crippen molar-refractivity contribution in [2.24, 2.45) is 5.10 Å². The molecular formula is C33H26BrN3O5. The third-order valence-electron chi connectivity index (χ3n) is 6.60. The first-order valence-electron chi connectivity index (χ1n) is 13.3. The highest BCUT2D eigenvalue weighted by Crippen LogP contribution is 2.37. The Bertz CT molecular complexity index is 1980. The van der Waals surface area contributed by atoms with E-state index in [0.29, 0.717) is 62.7 Å². The minimum Gasteiger partial charge on any atom is -0.496 e. The topological polar surface area (TPSA) is 88.1 Å². The molecule has 6 rings (SSSR count). The van der Waals surface area contributed by atoms with E-state index in [1.165, 1.54) is 4.68 Å². The summed E-state index contributed by atoms with van der Waals surface area (Å²) < 4.78 is 25.6. The van der Waals surface area contributed by atoms with Crippen molar-refractivity contribution in [3.8, 4) is 28.8 Å². The zero-order chi connectivity index (χ0) is 29.1. The molecule has 0 saturated heterocycles. The molecule has 0 unspecified atom stereocenters. The SMILES string of the molecule is CCOc1cc(C=Nn2c(-c3cc4c(OC)cccc4o3)nc3ccccc3c2=O)cc(Br)c1OCc1ccccc1. The average Bonchev–Trinajstić information content (AvgIpc) is 3.45. The van der Waals surface area contributed by atoms with E-state index < -0.39 is 0 Å². The van der Waals surface area contributed by atoms with E-state index in [2.05, 4.69) is 21.0 Å². The Kier molecular flexibility index (Phi) is 7.74. The van der Waals surface area contributed by atoms with Crippen molar-refractivity contribution in [3.63, 3.8) is 0 Å². The summed E-state index contributed by atoms with van der Waals surface area (Å²) in [4.78, 5) is 18.4. The lowest BCUT2D eigenvalue weighted by molar-refractivity contribution is 0.267. The van der Waals surface area contributed by atoms with Gasteiger partial charge in [0.2, 0.25) is 5.82 Å². The molecule has 6 aromatic rings. The van der Waals surface area contributed by atoms with Gasteiger partial charge in [-0.1, -0.05) is 48.5 Å². The molecule has 0 aliphatic heterocycles. The van der Waals surface area contributed by atoms with Gasteiger partial charge in [-0.15, -0.1) is 0 Å². The maximum atomic E-state index is 13.7. The number of benzene rings is 4. The third-order valence-corrected chi connectivity index (χ3v) is 7.18. The van der Waals surface area contributed by atoms with Crippen molar-refractivity contribution in [2.75, 3.05) is 13.7 Å². The van der Waals surface area contributed by atoms with Crippen LogP contribution in [0.3, 0.4) is 0 Å². The van der Waals surface area contributed by atoms with Crippen molar-refractivity contribution in [1.82, 2.24) is 9.66 Å². The molecule has 0 N–H and O–H groups in total. The Morgan fingerprint density at radius 3 is 2.55 bits per heavy atom. The lowest BCUT2D eigenvalue weighted by Crippen LogP contribution is -2.20. The van der Waals surface area contributed by atoms with Gasteiger partial charge in [0, 0.05) is 0 Å². The molecule has 0 saturated carbocycles. The Hall–Kier alpha value is -4.89. The lowest BCUT2D eigenvalue weighted by Gasteiger charge is -2.15. The molecule has 0 aliphatic carbocycles. The number of furan rings is 1. The van der Waals surface area contributed by atoms with Crippen LogP contribution < -0.4 is 19.8 Å². The molecule has 0 amide bonds. The monoisotopic (exact) mass is 623 g/mol. The Balaban J connectivity index is 1.42. The standard InChI is InChI=1S/C33H26BrN3O5/c1-3-40-29-17-22(16-25(34)31(29)41-20-21-10-5-4-6-11-21)19-35-37-32(36-26-13-8-7-12-23(26)33(37)38)30-18-24-27(39-2)14-9-15-28(24)42-30/h4-19H,3,20H2,1-2H3. The molecule has 0 radical (unpaired) electrons. The van der Waals surface area contributed by atoms with E-state index >= 15 is 0 Å². The molecular weight excluding hydrogens is 598 g/mol. The number of aromatic nitrogens is 2. The number of hydrogen-bond acceptors (Lipinski definition) is 7. The molecule has 2 aromatic heterocycles. The van der Waals surface area contributed by atoms with Crippen LogP contribution in [0, 0.1) is 0 Å². The first kappa shape index (κ1) is 27.3. The fourth-order valence-electron chi connectivity index (χ4n) is 4.63. The van der Waals surface area contributed by atoms with Gasteiger partial charge in [0.25, 0.3) is 5.56 Å². The molecule has 0 fully saturated rings. The second kappa shape index (κ2) is 11.9. The van der Waals surface area contributed by atoms with Crippen molar-refractivity contribution in [1.29, 1.82) is 0 Å². The average molecular weight is 624 g/mol. The van der Waals surface area contributed by atoms with Gasteiger partial charge in [-0.2, -0.15) is 9.78 Å². The van der Waals surface area contributed by atoms with Crippen molar-refractivity contribution in [3.05, 3.63) is 117 Å². The van der Waals surface area contributed by atoms with E-state index in [-0.39, 0.29) is 11.4 Å². The van der Waals surface area contributed by atoms with Crippen molar-refractivity contribution in [2.45, 2.75) is 13.5 Å². The molecule has 0 atom stereocenters. The molecule has 8 nitrogen and oxygen atoms in total. The van der Waals surface area contributed by atoms with Crippen LogP contribution in [-0.2, 0) is 6.61 Å². The van der Waals surface area contributed by atoms with E-state index in [0.717, 1.165) is 10.9 Å². The lowest BCUT2D eigenvalue weighted by atomic mass is 10.2. The number of rotatable bonds is 9. The third kappa shape index (κ3) is 5.38. The molecule has 2 heterocycles. The smallest absolute Gasteiger partial charge is 0.282 e. The van der Waals surface area contributed by atoms with Crippen LogP contribution in [0.25, 0.3) is 33.5 Å². The van der Waals surface area contributed by atoms with Gasteiger partial charge in [-0.05, 0) is 76.4 Å². The first-order chi connectivity index (χ1) is 20.6. The van der Waals surface area contributed by atoms with E-state index in [1.54, 1.807) is 37.6 Å². The second-order valence-electron chi connectivity index (χ2n) is 9.33. The van der Waals surface area contributed by atoms with Gasteiger partial charge in [0.1, 0.15) is 17.9 Å². The second-order valence-corrected chi connectivity index (χ2v) is 10.2. The maximum absolute atomic E-state index is 13.7. The molecule has 0 spiro atoms. The number of hydrogen-bond donors (Lipinski definition) is 0. The van der Waals surface area contributed by atoms with Gasteiger partial charge in [0.15, 0.2) is 17.3 Å².